The second-order valence-electron chi connectivity index (χ2n) is 6.41. The zero-order valence-electron chi connectivity index (χ0n) is 14.1. The van der Waals surface area contributed by atoms with Gasteiger partial charge >= 0.3 is 0 Å². The van der Waals surface area contributed by atoms with Crippen LogP contribution in [0.2, 0.25) is 0 Å². The molecule has 0 aliphatic carbocycles. The first-order valence-electron chi connectivity index (χ1n) is 7.99. The number of carbonyl (C=O) groups excluding carboxylic acids is 1. The number of hydrogen-bond donors (Lipinski definition) is 0. The number of nitrogens with zero attached hydrogens (tertiary/aromatic N) is 2. The van der Waals surface area contributed by atoms with Gasteiger partial charge in [-0.3, -0.25) is 4.79 Å². The van der Waals surface area contributed by atoms with E-state index in [4.69, 9.17) is 4.84 Å². The SMILES string of the molecule is Cc1cc(C)cc(CON=C2CCN(C(=O)C(C)C)CC2)c1. The zero-order valence-corrected chi connectivity index (χ0v) is 14.1. The molecule has 1 aromatic rings. The molecular formula is C18H26N2O2. The van der Waals surface area contributed by atoms with Crippen molar-refractivity contribution in [3.05, 3.63) is 34.9 Å². The number of likely N-dealkylation sites (tertiary alicyclic amines) is 1. The van der Waals surface area contributed by atoms with Crippen molar-refractivity contribution in [3.8, 4) is 0 Å². The van der Waals surface area contributed by atoms with Crippen LogP contribution in [0.25, 0.3) is 0 Å². The van der Waals surface area contributed by atoms with Gasteiger partial charge in [0, 0.05) is 31.8 Å². The van der Waals surface area contributed by atoms with Crippen molar-refractivity contribution in [2.45, 2.75) is 47.1 Å². The van der Waals surface area contributed by atoms with Crippen LogP contribution in [-0.4, -0.2) is 29.6 Å². The first-order valence-corrected chi connectivity index (χ1v) is 7.99. The molecule has 1 aliphatic rings. The quantitative estimate of drug-likeness (QED) is 0.799. The lowest BCUT2D eigenvalue weighted by Gasteiger charge is -2.28. The van der Waals surface area contributed by atoms with E-state index in [0.717, 1.165) is 37.2 Å². The van der Waals surface area contributed by atoms with E-state index in [-0.39, 0.29) is 11.8 Å². The van der Waals surface area contributed by atoms with E-state index < -0.39 is 0 Å². The highest BCUT2D eigenvalue weighted by molar-refractivity contribution is 5.87. The largest absolute Gasteiger partial charge is 0.391 e. The van der Waals surface area contributed by atoms with Crippen LogP contribution >= 0.6 is 0 Å². The van der Waals surface area contributed by atoms with Gasteiger partial charge in [0.15, 0.2) is 0 Å². The Morgan fingerprint density at radius 3 is 2.32 bits per heavy atom. The molecule has 0 spiro atoms. The summed E-state index contributed by atoms with van der Waals surface area (Å²) in [7, 11) is 0. The fourth-order valence-electron chi connectivity index (χ4n) is 2.79. The van der Waals surface area contributed by atoms with E-state index in [1.54, 1.807) is 0 Å². The number of benzene rings is 1. The first-order chi connectivity index (χ1) is 10.5. The van der Waals surface area contributed by atoms with Crippen molar-refractivity contribution in [2.24, 2.45) is 11.1 Å². The van der Waals surface area contributed by atoms with Crippen LogP contribution in [-0.2, 0) is 16.2 Å². The third-order valence-corrected chi connectivity index (χ3v) is 3.85. The molecule has 120 valence electrons. The van der Waals surface area contributed by atoms with Gasteiger partial charge < -0.3 is 9.74 Å². The third kappa shape index (κ3) is 4.58. The molecule has 1 fully saturated rings. The molecule has 1 aliphatic heterocycles. The van der Waals surface area contributed by atoms with Crippen LogP contribution in [0, 0.1) is 19.8 Å². The second-order valence-corrected chi connectivity index (χ2v) is 6.41. The Morgan fingerprint density at radius 1 is 1.18 bits per heavy atom. The van der Waals surface area contributed by atoms with Crippen molar-refractivity contribution in [1.29, 1.82) is 0 Å². The maximum atomic E-state index is 11.9. The van der Waals surface area contributed by atoms with Crippen molar-refractivity contribution in [2.75, 3.05) is 13.1 Å². The number of carbonyl (C=O) groups is 1. The Balaban J connectivity index is 1.82. The standard InChI is InChI=1S/C18H26N2O2/c1-13(2)18(21)20-7-5-17(6-8-20)19-22-12-16-10-14(3)9-15(4)11-16/h9-11,13H,5-8,12H2,1-4H3. The fourth-order valence-corrected chi connectivity index (χ4v) is 2.79. The number of amides is 1. The number of rotatable bonds is 4. The fraction of sp³-hybridized carbons (Fsp3) is 0.556. The van der Waals surface area contributed by atoms with Gasteiger partial charge in [-0.25, -0.2) is 0 Å². The number of hydrogen-bond acceptors (Lipinski definition) is 3. The van der Waals surface area contributed by atoms with Crippen LogP contribution in [0.5, 0.6) is 0 Å². The van der Waals surface area contributed by atoms with Crippen LogP contribution in [0.3, 0.4) is 0 Å². The summed E-state index contributed by atoms with van der Waals surface area (Å²) >= 11 is 0. The Bertz CT molecular complexity index is 534. The summed E-state index contributed by atoms with van der Waals surface area (Å²) in [5.74, 6) is 0.300. The summed E-state index contributed by atoms with van der Waals surface area (Å²) in [6.45, 7) is 10.1. The van der Waals surface area contributed by atoms with Gasteiger partial charge in [0.05, 0.1) is 5.71 Å². The van der Waals surface area contributed by atoms with Gasteiger partial charge in [-0.2, -0.15) is 0 Å². The van der Waals surface area contributed by atoms with Gasteiger partial charge in [-0.1, -0.05) is 48.3 Å². The third-order valence-electron chi connectivity index (χ3n) is 3.85. The molecule has 0 atom stereocenters. The molecule has 1 saturated heterocycles. The molecule has 4 heteroatoms. The van der Waals surface area contributed by atoms with Crippen LogP contribution in [0.15, 0.2) is 23.4 Å². The highest BCUT2D eigenvalue weighted by Gasteiger charge is 2.21. The molecule has 0 N–H and O–H groups in total. The molecule has 0 radical (unpaired) electrons. The van der Waals surface area contributed by atoms with Crippen LogP contribution in [0.4, 0.5) is 0 Å². The summed E-state index contributed by atoms with van der Waals surface area (Å²) in [6.07, 6.45) is 1.62. The van der Waals surface area contributed by atoms with E-state index >= 15 is 0 Å². The summed E-state index contributed by atoms with van der Waals surface area (Å²) < 4.78 is 0. The molecule has 22 heavy (non-hydrogen) atoms. The smallest absolute Gasteiger partial charge is 0.225 e. The Labute approximate surface area is 133 Å². The van der Waals surface area contributed by atoms with Gasteiger partial charge in [0.1, 0.15) is 6.61 Å². The normalized spacial score (nSPS) is 15.1. The number of oxime groups is 1. The lowest BCUT2D eigenvalue weighted by molar-refractivity contribution is -0.134. The average molecular weight is 302 g/mol. The maximum absolute atomic E-state index is 11.9. The Kier molecular flexibility index (Phi) is 5.58. The highest BCUT2D eigenvalue weighted by atomic mass is 16.6. The van der Waals surface area contributed by atoms with Gasteiger partial charge in [-0.15, -0.1) is 0 Å². The van der Waals surface area contributed by atoms with E-state index in [9.17, 15) is 4.79 Å². The summed E-state index contributed by atoms with van der Waals surface area (Å²) in [5, 5.41) is 4.26. The summed E-state index contributed by atoms with van der Waals surface area (Å²) in [4.78, 5) is 19.3. The van der Waals surface area contributed by atoms with E-state index in [0.29, 0.717) is 6.61 Å². The number of piperidine rings is 1. The zero-order chi connectivity index (χ0) is 16.1. The van der Waals surface area contributed by atoms with Crippen molar-refractivity contribution < 1.29 is 9.63 Å². The second kappa shape index (κ2) is 7.43. The van der Waals surface area contributed by atoms with Crippen molar-refractivity contribution in [1.82, 2.24) is 4.90 Å². The molecule has 0 aromatic heterocycles. The molecule has 0 bridgehead atoms. The van der Waals surface area contributed by atoms with Crippen molar-refractivity contribution in [3.63, 3.8) is 0 Å². The molecule has 1 heterocycles. The van der Waals surface area contributed by atoms with Crippen molar-refractivity contribution >= 4 is 11.6 Å². The molecule has 0 unspecified atom stereocenters. The van der Waals surface area contributed by atoms with E-state index in [1.807, 2.05) is 18.7 Å². The van der Waals surface area contributed by atoms with E-state index in [2.05, 4.69) is 37.2 Å². The first kappa shape index (κ1) is 16.5. The number of aryl methyl sites for hydroxylation is 2. The molecular weight excluding hydrogens is 276 g/mol. The topological polar surface area (TPSA) is 41.9 Å². The van der Waals surface area contributed by atoms with Gasteiger partial charge in [-0.05, 0) is 19.4 Å². The molecule has 0 saturated carbocycles. The lowest BCUT2D eigenvalue weighted by atomic mass is 10.1. The monoisotopic (exact) mass is 302 g/mol. The minimum absolute atomic E-state index is 0.0688. The maximum Gasteiger partial charge on any atom is 0.225 e. The minimum atomic E-state index is 0.0688. The average Bonchev–Trinajstić information content (AvgIpc) is 2.46. The van der Waals surface area contributed by atoms with Gasteiger partial charge in [0.25, 0.3) is 0 Å². The minimum Gasteiger partial charge on any atom is -0.391 e. The molecule has 2 rings (SSSR count). The lowest BCUT2D eigenvalue weighted by Crippen LogP contribution is -2.40. The Morgan fingerprint density at radius 2 is 1.77 bits per heavy atom. The summed E-state index contributed by atoms with van der Waals surface area (Å²) in [5.41, 5.74) is 4.69. The molecule has 4 nitrogen and oxygen atoms in total. The summed E-state index contributed by atoms with van der Waals surface area (Å²) in [6, 6.07) is 6.39. The molecule has 1 amide bonds. The predicted octanol–water partition coefficient (Wildman–Crippen LogP) is 3.45. The van der Waals surface area contributed by atoms with Gasteiger partial charge in [0.2, 0.25) is 5.91 Å². The highest BCUT2D eigenvalue weighted by Crippen LogP contribution is 2.13. The van der Waals surface area contributed by atoms with E-state index in [1.165, 1.54) is 11.1 Å². The predicted molar refractivity (Wildman–Crippen MR) is 88.8 cm³/mol. The van der Waals surface area contributed by atoms with Crippen LogP contribution in [0.1, 0.15) is 43.4 Å². The molecule has 1 aromatic carbocycles. The Hall–Kier alpha value is -1.84. The van der Waals surface area contributed by atoms with Crippen LogP contribution < -0.4 is 0 Å².